The largest absolute Gasteiger partial charge is 0.333 e. The number of hydrogen-bond acceptors (Lipinski definition) is 1. The molecule has 0 aromatic heterocycles. The van der Waals surface area contributed by atoms with E-state index in [1.165, 1.54) is 11.1 Å². The van der Waals surface area contributed by atoms with E-state index in [4.69, 9.17) is 0 Å². The molecule has 2 heteroatoms. The second-order valence-corrected chi connectivity index (χ2v) is 6.05. The maximum Gasteiger partial charge on any atom is 0.151 e. The number of rotatable bonds is 2. The highest BCUT2D eigenvalue weighted by molar-refractivity contribution is 5.84. The van der Waals surface area contributed by atoms with Crippen molar-refractivity contribution >= 4 is 5.78 Å². The number of hydrogen-bond donors (Lipinski definition) is 1. The Hall–Kier alpha value is -1.93. The minimum atomic E-state index is 0.0577. The molecule has 1 fully saturated rings. The van der Waals surface area contributed by atoms with Crippen LogP contribution in [-0.2, 0) is 4.79 Å². The summed E-state index contributed by atoms with van der Waals surface area (Å²) in [6.07, 6.45) is 0. The molecule has 0 saturated carbocycles. The van der Waals surface area contributed by atoms with Gasteiger partial charge < -0.3 is 5.32 Å². The van der Waals surface area contributed by atoms with Crippen LogP contribution in [0, 0.1) is 11.8 Å². The van der Waals surface area contributed by atoms with Crippen molar-refractivity contribution in [1.29, 1.82) is 0 Å². The fourth-order valence-electron chi connectivity index (χ4n) is 3.48. The average Bonchev–Trinajstić information content (AvgIpc) is 2.55. The number of Topliss-reactive ketones (excluding diaryl/α,β-unsaturated/α-hetero) is 1. The van der Waals surface area contributed by atoms with Crippen LogP contribution in [0.15, 0.2) is 60.7 Å². The van der Waals surface area contributed by atoms with E-state index in [1.54, 1.807) is 0 Å². The summed E-state index contributed by atoms with van der Waals surface area (Å²) in [6, 6.07) is 21.2. The van der Waals surface area contributed by atoms with Gasteiger partial charge in [-0.25, -0.2) is 0 Å². The van der Waals surface area contributed by atoms with E-state index in [1.807, 2.05) is 12.1 Å². The van der Waals surface area contributed by atoms with E-state index in [-0.39, 0.29) is 23.9 Å². The summed E-state index contributed by atoms with van der Waals surface area (Å²) in [5.74, 6) is 0.491. The number of nitrogens with two attached hydrogens (primary N) is 1. The van der Waals surface area contributed by atoms with Crippen molar-refractivity contribution in [2.24, 2.45) is 11.8 Å². The lowest BCUT2D eigenvalue weighted by Crippen LogP contribution is -2.91. The normalized spacial score (nSPS) is 29.3. The zero-order valence-corrected chi connectivity index (χ0v) is 12.6. The molecule has 0 radical (unpaired) electrons. The molecule has 3 rings (SSSR count). The fourth-order valence-corrected chi connectivity index (χ4v) is 3.48. The van der Waals surface area contributed by atoms with Gasteiger partial charge in [0, 0.05) is 11.1 Å². The van der Waals surface area contributed by atoms with Gasteiger partial charge in [-0.3, -0.25) is 4.79 Å². The molecule has 0 unspecified atom stereocenters. The number of carbonyl (C=O) groups excluding carboxylic acids is 1. The van der Waals surface area contributed by atoms with Gasteiger partial charge in [0.05, 0.1) is 11.8 Å². The SMILES string of the molecule is C[C@@H]1C(=O)[C@@H](C)[C@@H](c2ccccc2)[NH2+][C@@H]1c1ccccc1. The molecule has 0 bridgehead atoms. The Balaban J connectivity index is 1.95. The Kier molecular flexibility index (Phi) is 3.89. The monoisotopic (exact) mass is 280 g/mol. The molecule has 0 aliphatic carbocycles. The first-order valence-electron chi connectivity index (χ1n) is 7.67. The topological polar surface area (TPSA) is 33.7 Å². The van der Waals surface area contributed by atoms with Crippen molar-refractivity contribution in [2.45, 2.75) is 25.9 Å². The van der Waals surface area contributed by atoms with Crippen molar-refractivity contribution in [3.05, 3.63) is 71.8 Å². The third kappa shape index (κ3) is 2.64. The van der Waals surface area contributed by atoms with Crippen molar-refractivity contribution in [2.75, 3.05) is 0 Å². The highest BCUT2D eigenvalue weighted by Crippen LogP contribution is 2.32. The first-order chi connectivity index (χ1) is 10.2. The highest BCUT2D eigenvalue weighted by atomic mass is 16.1. The fraction of sp³-hybridized carbons (Fsp3) is 0.316. The van der Waals surface area contributed by atoms with Gasteiger partial charge in [-0.1, -0.05) is 60.7 Å². The lowest BCUT2D eigenvalue weighted by molar-refractivity contribution is -0.748. The Morgan fingerprint density at radius 2 is 1.10 bits per heavy atom. The van der Waals surface area contributed by atoms with Crippen LogP contribution < -0.4 is 5.32 Å². The van der Waals surface area contributed by atoms with Gasteiger partial charge in [-0.2, -0.15) is 0 Å². The van der Waals surface area contributed by atoms with Crippen LogP contribution in [0.25, 0.3) is 0 Å². The predicted molar refractivity (Wildman–Crippen MR) is 83.6 cm³/mol. The molecule has 2 N–H and O–H groups in total. The highest BCUT2D eigenvalue weighted by Gasteiger charge is 2.43. The summed E-state index contributed by atoms with van der Waals surface area (Å²) in [4.78, 5) is 12.7. The Labute approximate surface area is 126 Å². The third-order valence-corrected chi connectivity index (χ3v) is 4.76. The smallest absolute Gasteiger partial charge is 0.151 e. The lowest BCUT2D eigenvalue weighted by Gasteiger charge is -2.36. The molecule has 1 aliphatic rings. The van der Waals surface area contributed by atoms with Crippen LogP contribution in [0.2, 0.25) is 0 Å². The maximum atomic E-state index is 12.7. The molecule has 2 aromatic rings. The summed E-state index contributed by atoms with van der Waals surface area (Å²) in [5, 5.41) is 2.38. The van der Waals surface area contributed by atoms with Gasteiger partial charge in [0.15, 0.2) is 5.78 Å². The Bertz CT molecular complexity index is 554. The summed E-state index contributed by atoms with van der Waals surface area (Å²) >= 11 is 0. The molecule has 2 nitrogen and oxygen atoms in total. The molecule has 1 saturated heterocycles. The molecule has 1 heterocycles. The summed E-state index contributed by atoms with van der Waals surface area (Å²) in [5.41, 5.74) is 2.48. The lowest BCUT2D eigenvalue weighted by atomic mass is 9.76. The van der Waals surface area contributed by atoms with Crippen molar-refractivity contribution in [3.63, 3.8) is 0 Å². The standard InChI is InChI=1S/C19H21NO/c1-13-17(15-9-5-3-6-10-15)20-18(14(2)19(13)21)16-11-7-4-8-12-16/h3-14,17-18,20H,1-2H3/p+1/t13-,14-,17-,18-/m0/s1. The number of benzene rings is 2. The van der Waals surface area contributed by atoms with Crippen molar-refractivity contribution in [3.8, 4) is 0 Å². The summed E-state index contributed by atoms with van der Waals surface area (Å²) < 4.78 is 0. The first-order valence-corrected chi connectivity index (χ1v) is 7.67. The molecule has 21 heavy (non-hydrogen) atoms. The van der Waals surface area contributed by atoms with E-state index in [0.29, 0.717) is 5.78 Å². The number of quaternary nitrogens is 1. The second-order valence-electron chi connectivity index (χ2n) is 6.05. The average molecular weight is 280 g/mol. The molecular weight excluding hydrogens is 258 g/mol. The molecule has 108 valence electrons. The van der Waals surface area contributed by atoms with Gasteiger partial charge in [0.2, 0.25) is 0 Å². The van der Waals surface area contributed by atoms with Gasteiger partial charge >= 0.3 is 0 Å². The van der Waals surface area contributed by atoms with Crippen molar-refractivity contribution in [1.82, 2.24) is 0 Å². The van der Waals surface area contributed by atoms with E-state index in [0.717, 1.165) is 0 Å². The van der Waals surface area contributed by atoms with E-state index in [9.17, 15) is 4.79 Å². The molecule has 0 amide bonds. The van der Waals surface area contributed by atoms with Crippen LogP contribution >= 0.6 is 0 Å². The molecular formula is C19H22NO+. The van der Waals surface area contributed by atoms with E-state index in [2.05, 4.69) is 67.7 Å². The molecule has 4 atom stereocenters. The van der Waals surface area contributed by atoms with Crippen LogP contribution in [0.3, 0.4) is 0 Å². The summed E-state index contributed by atoms with van der Waals surface area (Å²) in [7, 11) is 0. The molecule has 1 aliphatic heterocycles. The third-order valence-electron chi connectivity index (χ3n) is 4.76. The van der Waals surface area contributed by atoms with Crippen LogP contribution in [-0.4, -0.2) is 5.78 Å². The maximum absolute atomic E-state index is 12.7. The van der Waals surface area contributed by atoms with E-state index >= 15 is 0 Å². The van der Waals surface area contributed by atoms with Crippen molar-refractivity contribution < 1.29 is 10.1 Å². The zero-order valence-electron chi connectivity index (χ0n) is 12.6. The Morgan fingerprint density at radius 3 is 1.48 bits per heavy atom. The predicted octanol–water partition coefficient (Wildman–Crippen LogP) is 2.89. The van der Waals surface area contributed by atoms with Crippen LogP contribution in [0.1, 0.15) is 37.1 Å². The quantitative estimate of drug-likeness (QED) is 0.901. The van der Waals surface area contributed by atoms with E-state index < -0.39 is 0 Å². The Morgan fingerprint density at radius 1 is 0.714 bits per heavy atom. The zero-order chi connectivity index (χ0) is 14.8. The van der Waals surface area contributed by atoms with Gasteiger partial charge in [0.25, 0.3) is 0 Å². The van der Waals surface area contributed by atoms with Gasteiger partial charge in [-0.15, -0.1) is 0 Å². The second kappa shape index (κ2) is 5.82. The molecule has 2 aromatic carbocycles. The molecule has 0 spiro atoms. The first kappa shape index (κ1) is 14.0. The summed E-state index contributed by atoms with van der Waals surface area (Å²) in [6.45, 7) is 4.13. The number of piperidine rings is 1. The van der Waals surface area contributed by atoms with Gasteiger partial charge in [-0.05, 0) is 13.8 Å². The minimum Gasteiger partial charge on any atom is -0.333 e. The van der Waals surface area contributed by atoms with Crippen LogP contribution in [0.4, 0.5) is 0 Å². The number of ketones is 1. The number of carbonyl (C=O) groups is 1. The van der Waals surface area contributed by atoms with Gasteiger partial charge in [0.1, 0.15) is 12.1 Å². The van der Waals surface area contributed by atoms with Crippen LogP contribution in [0.5, 0.6) is 0 Å². The minimum absolute atomic E-state index is 0.0577.